The average molecular weight is 391 g/mol. The highest BCUT2D eigenvalue weighted by molar-refractivity contribution is 7.73. The summed E-state index contributed by atoms with van der Waals surface area (Å²) in [6.07, 6.45) is 1.17. The smallest absolute Gasteiger partial charge is 0.0628 e. The van der Waals surface area contributed by atoms with Crippen molar-refractivity contribution in [2.45, 2.75) is 12.2 Å². The molecule has 0 aliphatic carbocycles. The molecule has 3 aromatic carbocycles. The van der Waals surface area contributed by atoms with Crippen LogP contribution in [-0.4, -0.2) is 44.0 Å². The zero-order valence-electron chi connectivity index (χ0n) is 17.2. The van der Waals surface area contributed by atoms with Crippen LogP contribution >= 0.6 is 7.92 Å². The molecule has 1 unspecified atom stereocenters. The summed E-state index contributed by atoms with van der Waals surface area (Å²) in [5, 5.41) is 2.86. The normalized spacial score (nSPS) is 12.6. The molecule has 0 aromatic heterocycles. The maximum absolute atomic E-state index is 2.56. The second-order valence-corrected chi connectivity index (χ2v) is 9.72. The van der Waals surface area contributed by atoms with E-state index in [9.17, 15) is 0 Å². The van der Waals surface area contributed by atoms with E-state index in [0.29, 0.717) is 5.78 Å². The Kier molecular flexibility index (Phi) is 7.80. The molecule has 3 aromatic rings. The summed E-state index contributed by atoms with van der Waals surface area (Å²) in [6, 6.07) is 33.1. The van der Waals surface area contributed by atoms with Gasteiger partial charge in [0.15, 0.2) is 0 Å². The number of hydrogen-bond acceptors (Lipinski definition) is 2. The summed E-state index contributed by atoms with van der Waals surface area (Å²) >= 11 is 0. The van der Waals surface area contributed by atoms with Crippen LogP contribution in [0.1, 0.15) is 17.8 Å². The van der Waals surface area contributed by atoms with E-state index in [1.54, 1.807) is 0 Å². The van der Waals surface area contributed by atoms with E-state index < -0.39 is 7.92 Å². The molecule has 0 saturated heterocycles. The third kappa shape index (κ3) is 5.52. The Balaban J connectivity index is 2.01. The second-order valence-electron chi connectivity index (χ2n) is 7.46. The third-order valence-electron chi connectivity index (χ3n) is 4.94. The van der Waals surface area contributed by atoms with Crippen LogP contribution in [-0.2, 0) is 0 Å². The first-order valence-electron chi connectivity index (χ1n) is 9.96. The number of hydrogen-bond donors (Lipinski definition) is 0. The molecule has 0 aliphatic rings. The molecule has 0 radical (unpaired) electrons. The van der Waals surface area contributed by atoms with E-state index in [4.69, 9.17) is 0 Å². The van der Waals surface area contributed by atoms with Crippen LogP contribution in [0.2, 0.25) is 0 Å². The highest BCUT2D eigenvalue weighted by atomic mass is 31.1. The molecule has 0 saturated carbocycles. The van der Waals surface area contributed by atoms with Gasteiger partial charge in [0.05, 0.1) is 5.78 Å². The van der Waals surface area contributed by atoms with Crippen molar-refractivity contribution in [1.29, 1.82) is 0 Å². The lowest BCUT2D eigenvalue weighted by Gasteiger charge is -2.36. The summed E-state index contributed by atoms with van der Waals surface area (Å²) in [5.74, 6) is 0.350. The molecular formula is C25H31N2P. The molecule has 0 fully saturated rings. The van der Waals surface area contributed by atoms with E-state index in [-0.39, 0.29) is 0 Å². The molecular weight excluding hydrogens is 359 g/mol. The van der Waals surface area contributed by atoms with Crippen LogP contribution in [0.5, 0.6) is 0 Å². The summed E-state index contributed by atoms with van der Waals surface area (Å²) in [6.45, 7) is 2.19. The lowest BCUT2D eigenvalue weighted by molar-refractivity contribution is 0.286. The first kappa shape index (κ1) is 20.7. The number of nitrogens with zero attached hydrogens (tertiary/aromatic N) is 2. The Morgan fingerprint density at radius 1 is 0.643 bits per heavy atom. The van der Waals surface area contributed by atoms with Gasteiger partial charge in [-0.05, 0) is 58.2 Å². The minimum atomic E-state index is -0.550. The fourth-order valence-electron chi connectivity index (χ4n) is 3.59. The number of benzene rings is 3. The molecule has 1 atom stereocenters. The summed E-state index contributed by atoms with van der Waals surface area (Å²) in [5.41, 5.74) is 1.40. The quantitative estimate of drug-likeness (QED) is 0.489. The van der Waals surface area contributed by atoms with Crippen molar-refractivity contribution in [3.63, 3.8) is 0 Å². The Morgan fingerprint density at radius 3 is 1.57 bits per heavy atom. The van der Waals surface area contributed by atoms with Crippen molar-refractivity contribution in [3.8, 4) is 0 Å². The predicted molar refractivity (Wildman–Crippen MR) is 124 cm³/mol. The van der Waals surface area contributed by atoms with Crippen molar-refractivity contribution >= 4 is 18.5 Å². The highest BCUT2D eigenvalue weighted by Crippen LogP contribution is 2.50. The van der Waals surface area contributed by atoms with Crippen molar-refractivity contribution in [2.75, 3.05) is 34.2 Å². The molecule has 0 heterocycles. The van der Waals surface area contributed by atoms with E-state index >= 15 is 0 Å². The van der Waals surface area contributed by atoms with Gasteiger partial charge in [-0.25, -0.2) is 0 Å². The SMILES string of the molecule is CN(C)CCCN(C)C(c1ccccc1)P(c1ccccc1)c1ccccc1. The molecule has 0 spiro atoms. The Bertz CT molecular complexity index is 766. The zero-order chi connectivity index (χ0) is 19.8. The van der Waals surface area contributed by atoms with Crippen LogP contribution in [0.25, 0.3) is 0 Å². The van der Waals surface area contributed by atoms with Gasteiger partial charge < -0.3 is 4.90 Å². The predicted octanol–water partition coefficient (Wildman–Crippen LogP) is 4.70. The Morgan fingerprint density at radius 2 is 1.11 bits per heavy atom. The zero-order valence-corrected chi connectivity index (χ0v) is 18.1. The molecule has 0 aliphatic heterocycles. The standard InChI is InChI=1S/C25H31N2P/c1-26(2)20-13-21-27(3)25(22-14-7-4-8-15-22)28(23-16-9-5-10-17-23)24-18-11-6-12-19-24/h4-12,14-19,25H,13,20-21H2,1-3H3. The minimum absolute atomic E-state index is 0.350. The Labute approximate surface area is 171 Å². The van der Waals surface area contributed by atoms with Crippen molar-refractivity contribution in [1.82, 2.24) is 9.80 Å². The van der Waals surface area contributed by atoms with E-state index in [1.165, 1.54) is 22.6 Å². The van der Waals surface area contributed by atoms with Crippen LogP contribution < -0.4 is 10.6 Å². The fourth-order valence-corrected chi connectivity index (χ4v) is 6.42. The summed E-state index contributed by atoms with van der Waals surface area (Å²) in [7, 11) is 6.03. The van der Waals surface area contributed by atoms with Gasteiger partial charge >= 0.3 is 0 Å². The van der Waals surface area contributed by atoms with Crippen molar-refractivity contribution in [3.05, 3.63) is 96.6 Å². The maximum Gasteiger partial charge on any atom is 0.0628 e. The lowest BCUT2D eigenvalue weighted by Crippen LogP contribution is -2.31. The maximum atomic E-state index is 2.56. The first-order chi connectivity index (χ1) is 13.7. The average Bonchev–Trinajstić information content (AvgIpc) is 2.73. The van der Waals surface area contributed by atoms with Gasteiger partial charge in [-0.1, -0.05) is 91.0 Å². The monoisotopic (exact) mass is 390 g/mol. The summed E-state index contributed by atoms with van der Waals surface area (Å²) in [4.78, 5) is 4.83. The molecule has 3 heteroatoms. The van der Waals surface area contributed by atoms with Crippen molar-refractivity contribution < 1.29 is 0 Å². The van der Waals surface area contributed by atoms with Gasteiger partial charge in [0.1, 0.15) is 0 Å². The molecule has 0 amide bonds. The minimum Gasteiger partial charge on any atom is -0.309 e. The molecule has 146 valence electrons. The Hall–Kier alpha value is -1.99. The van der Waals surface area contributed by atoms with Gasteiger partial charge in [0, 0.05) is 6.54 Å². The molecule has 3 rings (SSSR count). The third-order valence-corrected chi connectivity index (χ3v) is 7.84. The first-order valence-corrected chi connectivity index (χ1v) is 11.4. The van der Waals surface area contributed by atoms with Gasteiger partial charge in [0.25, 0.3) is 0 Å². The molecule has 0 bridgehead atoms. The topological polar surface area (TPSA) is 6.48 Å². The van der Waals surface area contributed by atoms with Gasteiger partial charge in [-0.2, -0.15) is 0 Å². The molecule has 28 heavy (non-hydrogen) atoms. The van der Waals surface area contributed by atoms with Crippen LogP contribution in [0.15, 0.2) is 91.0 Å². The highest BCUT2D eigenvalue weighted by Gasteiger charge is 2.29. The second kappa shape index (κ2) is 10.5. The van der Waals surface area contributed by atoms with E-state index in [2.05, 4.69) is 122 Å². The molecule has 2 nitrogen and oxygen atoms in total. The van der Waals surface area contributed by atoms with Gasteiger partial charge in [-0.3, -0.25) is 4.90 Å². The van der Waals surface area contributed by atoms with Crippen molar-refractivity contribution in [2.24, 2.45) is 0 Å². The fraction of sp³-hybridized carbons (Fsp3) is 0.280. The largest absolute Gasteiger partial charge is 0.309 e. The van der Waals surface area contributed by atoms with Gasteiger partial charge in [0.2, 0.25) is 0 Å². The molecule has 0 N–H and O–H groups in total. The van der Waals surface area contributed by atoms with Crippen LogP contribution in [0, 0.1) is 0 Å². The number of rotatable bonds is 9. The van der Waals surface area contributed by atoms with Gasteiger partial charge in [-0.15, -0.1) is 0 Å². The van der Waals surface area contributed by atoms with Crippen LogP contribution in [0.4, 0.5) is 0 Å². The van der Waals surface area contributed by atoms with E-state index in [1.807, 2.05) is 0 Å². The van der Waals surface area contributed by atoms with E-state index in [0.717, 1.165) is 13.1 Å². The lowest BCUT2D eigenvalue weighted by atomic mass is 10.2. The van der Waals surface area contributed by atoms with Crippen LogP contribution in [0.3, 0.4) is 0 Å². The summed E-state index contributed by atoms with van der Waals surface area (Å²) < 4.78 is 0.